The molecule has 1 atom stereocenters. The van der Waals surface area contributed by atoms with Gasteiger partial charge in [-0.05, 0) is 35.4 Å². The van der Waals surface area contributed by atoms with E-state index in [-0.39, 0.29) is 13.0 Å². The summed E-state index contributed by atoms with van der Waals surface area (Å²) in [7, 11) is 0. The molecular formula is C18H15Cl2N3O3. The second kappa shape index (κ2) is 7.76. The van der Waals surface area contributed by atoms with Crippen molar-refractivity contribution in [2.75, 3.05) is 0 Å². The third-order valence-electron chi connectivity index (χ3n) is 4.02. The highest BCUT2D eigenvalue weighted by Gasteiger charge is 2.37. The third kappa shape index (κ3) is 4.33. The van der Waals surface area contributed by atoms with E-state index in [0.29, 0.717) is 15.6 Å². The van der Waals surface area contributed by atoms with E-state index in [9.17, 15) is 10.1 Å². The third-order valence-corrected chi connectivity index (χ3v) is 4.52. The van der Waals surface area contributed by atoms with Gasteiger partial charge in [0.1, 0.15) is 0 Å². The van der Waals surface area contributed by atoms with Crippen LogP contribution in [0.3, 0.4) is 0 Å². The Bertz CT molecular complexity index is 868. The summed E-state index contributed by atoms with van der Waals surface area (Å²) in [5.74, 6) is 0. The van der Waals surface area contributed by atoms with Gasteiger partial charge in [-0.15, -0.1) is 10.1 Å². The Morgan fingerprint density at radius 3 is 2.23 bits per heavy atom. The molecule has 134 valence electrons. The van der Waals surface area contributed by atoms with E-state index in [2.05, 4.69) is 4.98 Å². The van der Waals surface area contributed by atoms with Crippen LogP contribution >= 0.6 is 23.2 Å². The Morgan fingerprint density at radius 1 is 1.08 bits per heavy atom. The lowest BCUT2D eigenvalue weighted by Crippen LogP contribution is -2.39. The quantitative estimate of drug-likeness (QED) is 0.437. The highest BCUT2D eigenvalue weighted by Crippen LogP contribution is 2.33. The molecule has 1 aromatic heterocycles. The summed E-state index contributed by atoms with van der Waals surface area (Å²) in [6.45, 7) is 0.207. The van der Waals surface area contributed by atoms with Gasteiger partial charge >= 0.3 is 0 Å². The van der Waals surface area contributed by atoms with Crippen LogP contribution in [0.25, 0.3) is 0 Å². The minimum atomic E-state index is -1.25. The largest absolute Gasteiger partial charge is 0.335 e. The lowest BCUT2D eigenvalue weighted by atomic mass is 9.87. The normalized spacial score (nSPS) is 13.2. The number of halogens is 2. The van der Waals surface area contributed by atoms with Gasteiger partial charge in [-0.2, -0.15) is 0 Å². The molecule has 0 radical (unpaired) electrons. The van der Waals surface area contributed by atoms with Gasteiger partial charge in [0.2, 0.25) is 0 Å². The fourth-order valence-corrected chi connectivity index (χ4v) is 3.12. The lowest BCUT2D eigenvalue weighted by molar-refractivity contribution is -0.785. The second-order valence-electron chi connectivity index (χ2n) is 5.85. The first-order valence-electron chi connectivity index (χ1n) is 7.77. The molecule has 3 aromatic rings. The van der Waals surface area contributed by atoms with Crippen molar-refractivity contribution in [3.63, 3.8) is 0 Å². The SMILES string of the molecule is O=[N+]([O-])OC(Cc1ccc(Cl)cc1)(Cn1ccnc1)c1ccc(Cl)cc1. The molecule has 3 rings (SSSR count). The van der Waals surface area contributed by atoms with E-state index in [1.165, 1.54) is 0 Å². The van der Waals surface area contributed by atoms with Gasteiger partial charge in [0, 0.05) is 28.9 Å². The van der Waals surface area contributed by atoms with Gasteiger partial charge in [0.15, 0.2) is 5.60 Å². The molecule has 0 aliphatic rings. The van der Waals surface area contributed by atoms with E-state index in [1.54, 1.807) is 59.7 Å². The Labute approximate surface area is 160 Å². The van der Waals surface area contributed by atoms with Crippen molar-refractivity contribution in [1.29, 1.82) is 0 Å². The first-order valence-corrected chi connectivity index (χ1v) is 8.52. The van der Waals surface area contributed by atoms with Gasteiger partial charge in [-0.1, -0.05) is 47.5 Å². The summed E-state index contributed by atoms with van der Waals surface area (Å²) < 4.78 is 1.74. The number of rotatable bonds is 7. The highest BCUT2D eigenvalue weighted by atomic mass is 35.5. The smallest absolute Gasteiger partial charge is 0.295 e. The van der Waals surface area contributed by atoms with Gasteiger partial charge in [-0.3, -0.25) is 0 Å². The fraction of sp³-hybridized carbons (Fsp3) is 0.167. The standard InChI is InChI=1S/C18H15Cl2N3O3/c19-16-5-1-14(2-6-16)11-18(26-23(24)25,12-22-10-9-21-13-22)15-3-7-17(20)8-4-15/h1-10,13H,11-12H2. The molecule has 0 fully saturated rings. The van der Waals surface area contributed by atoms with Crippen LogP contribution in [0.1, 0.15) is 11.1 Å². The Morgan fingerprint density at radius 2 is 1.69 bits per heavy atom. The van der Waals surface area contributed by atoms with Crippen molar-refractivity contribution in [3.8, 4) is 0 Å². The summed E-state index contributed by atoms with van der Waals surface area (Å²) in [5.41, 5.74) is 0.247. The molecular weight excluding hydrogens is 377 g/mol. The van der Waals surface area contributed by atoms with Crippen molar-refractivity contribution >= 4 is 23.2 Å². The zero-order valence-electron chi connectivity index (χ0n) is 13.6. The van der Waals surface area contributed by atoms with Crippen LogP contribution in [0, 0.1) is 10.1 Å². The van der Waals surface area contributed by atoms with Crippen LogP contribution in [0.2, 0.25) is 10.0 Å². The maximum atomic E-state index is 11.3. The van der Waals surface area contributed by atoms with Crippen LogP contribution in [-0.4, -0.2) is 14.6 Å². The summed E-state index contributed by atoms with van der Waals surface area (Å²) in [5, 5.41) is 11.7. The fourth-order valence-electron chi connectivity index (χ4n) is 2.87. The summed E-state index contributed by atoms with van der Waals surface area (Å²) >= 11 is 11.9. The van der Waals surface area contributed by atoms with Crippen molar-refractivity contribution in [3.05, 3.63) is 98.5 Å². The number of aromatic nitrogens is 2. The second-order valence-corrected chi connectivity index (χ2v) is 6.73. The monoisotopic (exact) mass is 391 g/mol. The molecule has 0 spiro atoms. The topological polar surface area (TPSA) is 70.2 Å². The maximum absolute atomic E-state index is 11.3. The maximum Gasteiger partial charge on any atom is 0.295 e. The van der Waals surface area contributed by atoms with Crippen LogP contribution in [0.15, 0.2) is 67.3 Å². The Kier molecular flexibility index (Phi) is 5.44. The van der Waals surface area contributed by atoms with E-state index >= 15 is 0 Å². The minimum Gasteiger partial charge on any atom is -0.335 e. The molecule has 2 aromatic carbocycles. The molecule has 0 saturated carbocycles. The van der Waals surface area contributed by atoms with E-state index in [1.807, 2.05) is 12.1 Å². The number of hydrogen-bond donors (Lipinski definition) is 0. The average molecular weight is 392 g/mol. The number of benzene rings is 2. The Balaban J connectivity index is 2.07. The lowest BCUT2D eigenvalue weighted by Gasteiger charge is -2.32. The zero-order valence-corrected chi connectivity index (χ0v) is 15.1. The van der Waals surface area contributed by atoms with E-state index in [0.717, 1.165) is 5.56 Å². The first kappa shape index (κ1) is 18.2. The molecule has 0 N–H and O–H groups in total. The molecule has 0 aliphatic heterocycles. The summed E-state index contributed by atoms with van der Waals surface area (Å²) in [6.07, 6.45) is 5.21. The van der Waals surface area contributed by atoms with Crippen LogP contribution in [0.5, 0.6) is 0 Å². The van der Waals surface area contributed by atoms with Crippen molar-refractivity contribution < 1.29 is 9.92 Å². The van der Waals surface area contributed by atoms with Gasteiger partial charge < -0.3 is 9.40 Å². The molecule has 6 nitrogen and oxygen atoms in total. The van der Waals surface area contributed by atoms with Crippen molar-refractivity contribution in [2.45, 2.75) is 18.6 Å². The molecule has 0 bridgehead atoms. The number of nitrogens with zero attached hydrogens (tertiary/aromatic N) is 3. The van der Waals surface area contributed by atoms with Crippen LogP contribution in [-0.2, 0) is 23.4 Å². The number of hydrogen-bond acceptors (Lipinski definition) is 4. The molecule has 8 heteroatoms. The van der Waals surface area contributed by atoms with E-state index in [4.69, 9.17) is 28.0 Å². The predicted molar refractivity (Wildman–Crippen MR) is 98.6 cm³/mol. The van der Waals surface area contributed by atoms with Crippen molar-refractivity contribution in [1.82, 2.24) is 9.55 Å². The summed E-state index contributed by atoms with van der Waals surface area (Å²) in [4.78, 5) is 20.6. The minimum absolute atomic E-state index is 0.207. The van der Waals surface area contributed by atoms with Gasteiger partial charge in [-0.25, -0.2) is 4.98 Å². The summed E-state index contributed by atoms with van der Waals surface area (Å²) in [6, 6.07) is 14.0. The van der Waals surface area contributed by atoms with E-state index < -0.39 is 10.7 Å². The van der Waals surface area contributed by atoms with Crippen LogP contribution in [0.4, 0.5) is 0 Å². The van der Waals surface area contributed by atoms with Gasteiger partial charge in [0.05, 0.1) is 12.9 Å². The van der Waals surface area contributed by atoms with Gasteiger partial charge in [0.25, 0.3) is 5.09 Å². The molecule has 1 unspecified atom stereocenters. The predicted octanol–water partition coefficient (Wildman–Crippen LogP) is 4.54. The molecule has 1 heterocycles. The highest BCUT2D eigenvalue weighted by molar-refractivity contribution is 6.30. The molecule has 0 saturated heterocycles. The van der Waals surface area contributed by atoms with Crippen molar-refractivity contribution in [2.24, 2.45) is 0 Å². The van der Waals surface area contributed by atoms with Crippen LogP contribution < -0.4 is 0 Å². The first-order chi connectivity index (χ1) is 12.5. The molecule has 26 heavy (non-hydrogen) atoms. The zero-order chi connectivity index (χ0) is 18.6. The number of imidazole rings is 1. The molecule has 0 amide bonds. The Hall–Kier alpha value is -2.57. The average Bonchev–Trinajstić information content (AvgIpc) is 3.09. The molecule has 0 aliphatic carbocycles.